The molecule has 3 rings (SSSR count). The molecule has 0 aliphatic heterocycles. The number of likely N-dealkylation sites (N-methyl/N-ethyl adjacent to an activating group) is 1. The summed E-state index contributed by atoms with van der Waals surface area (Å²) in [6, 6.07) is 14.8. The molecule has 0 bridgehead atoms. The van der Waals surface area contributed by atoms with Gasteiger partial charge in [0.15, 0.2) is 0 Å². The number of benzene rings is 2. The lowest BCUT2D eigenvalue weighted by Crippen LogP contribution is -2.42. The van der Waals surface area contributed by atoms with Crippen LogP contribution >= 0.6 is 15.9 Å². The smallest absolute Gasteiger partial charge is 0.327 e. The van der Waals surface area contributed by atoms with Crippen molar-refractivity contribution in [2.75, 3.05) is 20.1 Å². The van der Waals surface area contributed by atoms with Crippen molar-refractivity contribution in [3.8, 4) is 0 Å². The molecule has 1 amide bonds. The first kappa shape index (κ1) is 26.6. The fourth-order valence-electron chi connectivity index (χ4n) is 3.82. The van der Waals surface area contributed by atoms with Crippen LogP contribution in [0.2, 0.25) is 0 Å². The van der Waals surface area contributed by atoms with E-state index in [9.17, 15) is 22.8 Å². The zero-order valence-electron chi connectivity index (χ0n) is 19.3. The Morgan fingerprint density at radius 1 is 1.14 bits per heavy atom. The number of nitrogens with one attached hydrogen (secondary N) is 1. The number of carbonyl (C=O) groups excluding carboxylic acids is 1. The zero-order valence-corrected chi connectivity index (χ0v) is 20.9. The minimum atomic E-state index is -4.85. The lowest BCUT2D eigenvalue weighted by Gasteiger charge is -2.32. The first-order valence-electron chi connectivity index (χ1n) is 11.1. The maximum Gasteiger partial charge on any atom is 0.423 e. The highest BCUT2D eigenvalue weighted by Gasteiger charge is 2.37. The van der Waals surface area contributed by atoms with Crippen LogP contribution in [0, 0.1) is 0 Å². The van der Waals surface area contributed by atoms with Gasteiger partial charge in [-0.1, -0.05) is 53.2 Å². The molecule has 0 radical (unpaired) electrons. The van der Waals surface area contributed by atoms with Gasteiger partial charge in [0.05, 0.1) is 12.6 Å². The molecule has 3 aromatic rings. The number of alkyl halides is 3. The van der Waals surface area contributed by atoms with Gasteiger partial charge in [-0.15, -0.1) is 0 Å². The van der Waals surface area contributed by atoms with Crippen molar-refractivity contribution in [2.45, 2.75) is 32.1 Å². The molecule has 1 unspecified atom stereocenters. The Morgan fingerprint density at radius 2 is 1.80 bits per heavy atom. The minimum Gasteiger partial charge on any atom is -0.327 e. The average molecular weight is 551 g/mol. The second-order valence-electron chi connectivity index (χ2n) is 7.94. The Labute approximate surface area is 209 Å². The molecule has 10 heteroatoms. The van der Waals surface area contributed by atoms with Gasteiger partial charge in [0.1, 0.15) is 11.4 Å². The van der Waals surface area contributed by atoms with Crippen molar-refractivity contribution in [3.05, 3.63) is 98.1 Å². The lowest BCUT2D eigenvalue weighted by atomic mass is 10.1. The van der Waals surface area contributed by atoms with Crippen LogP contribution in [0.25, 0.3) is 0 Å². The highest BCUT2D eigenvalue weighted by atomic mass is 79.9. The Balaban J connectivity index is 2.14. The predicted molar refractivity (Wildman–Crippen MR) is 131 cm³/mol. The van der Waals surface area contributed by atoms with Crippen molar-refractivity contribution in [3.63, 3.8) is 0 Å². The number of nitrogens with zero attached hydrogens (tertiary/aromatic N) is 3. The Bertz CT molecular complexity index is 1200. The van der Waals surface area contributed by atoms with Crippen LogP contribution in [0.5, 0.6) is 0 Å². The molecule has 0 saturated carbocycles. The van der Waals surface area contributed by atoms with Crippen molar-refractivity contribution in [2.24, 2.45) is 0 Å². The maximum absolute atomic E-state index is 13.6. The third kappa shape index (κ3) is 6.37. The van der Waals surface area contributed by atoms with Gasteiger partial charge in [0, 0.05) is 29.3 Å². The van der Waals surface area contributed by atoms with E-state index >= 15 is 0 Å². The third-order valence-corrected chi connectivity index (χ3v) is 6.11. The SMILES string of the molecule is CCC(c1ncc(C(F)(F)F)c(=O)n1Cc1ccccc1)N(CCNC)C(=O)c1ccc(Br)cc1. The van der Waals surface area contributed by atoms with E-state index in [-0.39, 0.29) is 24.8 Å². The van der Waals surface area contributed by atoms with Crippen molar-refractivity contribution >= 4 is 21.8 Å². The van der Waals surface area contributed by atoms with Crippen LogP contribution in [-0.2, 0) is 12.7 Å². The number of aromatic nitrogens is 2. The van der Waals surface area contributed by atoms with E-state index in [1.807, 2.05) is 6.92 Å². The van der Waals surface area contributed by atoms with Crippen molar-refractivity contribution in [1.29, 1.82) is 0 Å². The first-order valence-corrected chi connectivity index (χ1v) is 11.9. The molecule has 186 valence electrons. The number of amides is 1. The van der Waals surface area contributed by atoms with Crippen LogP contribution in [0.15, 0.2) is 70.1 Å². The van der Waals surface area contributed by atoms with Gasteiger partial charge >= 0.3 is 6.18 Å². The molecular weight excluding hydrogens is 525 g/mol. The Hall–Kier alpha value is -2.98. The molecular formula is C25H26BrF3N4O2. The summed E-state index contributed by atoms with van der Waals surface area (Å²) in [5.74, 6) is -0.198. The number of rotatable bonds is 9. The van der Waals surface area contributed by atoms with Crippen molar-refractivity contribution < 1.29 is 18.0 Å². The van der Waals surface area contributed by atoms with E-state index in [0.29, 0.717) is 30.3 Å². The molecule has 35 heavy (non-hydrogen) atoms. The highest BCUT2D eigenvalue weighted by Crippen LogP contribution is 2.29. The van der Waals surface area contributed by atoms with Gasteiger partial charge in [-0.05, 0) is 43.3 Å². The number of carbonyl (C=O) groups is 1. The fourth-order valence-corrected chi connectivity index (χ4v) is 4.08. The van der Waals surface area contributed by atoms with Crippen molar-refractivity contribution in [1.82, 2.24) is 19.8 Å². The summed E-state index contributed by atoms with van der Waals surface area (Å²) in [7, 11) is 1.74. The molecule has 1 atom stereocenters. The topological polar surface area (TPSA) is 67.2 Å². The maximum atomic E-state index is 13.6. The summed E-state index contributed by atoms with van der Waals surface area (Å²) < 4.78 is 42.5. The zero-order chi connectivity index (χ0) is 25.6. The second kappa shape index (κ2) is 11.6. The van der Waals surface area contributed by atoms with E-state index in [2.05, 4.69) is 26.2 Å². The summed E-state index contributed by atoms with van der Waals surface area (Å²) in [5, 5.41) is 3.00. The van der Waals surface area contributed by atoms with E-state index < -0.39 is 23.3 Å². The molecule has 2 aromatic carbocycles. The molecule has 0 fully saturated rings. The highest BCUT2D eigenvalue weighted by molar-refractivity contribution is 9.10. The van der Waals surface area contributed by atoms with Crippen LogP contribution in [-0.4, -0.2) is 40.5 Å². The van der Waals surface area contributed by atoms with Crippen LogP contribution < -0.4 is 10.9 Å². The van der Waals surface area contributed by atoms with E-state index in [0.717, 1.165) is 9.04 Å². The van der Waals surface area contributed by atoms with Crippen LogP contribution in [0.3, 0.4) is 0 Å². The first-order chi connectivity index (χ1) is 16.7. The lowest BCUT2D eigenvalue weighted by molar-refractivity contribution is -0.139. The van der Waals surface area contributed by atoms with Gasteiger partial charge < -0.3 is 10.2 Å². The molecule has 0 saturated heterocycles. The Kier molecular flexibility index (Phi) is 8.85. The van der Waals surface area contributed by atoms with Gasteiger partial charge in [0.25, 0.3) is 11.5 Å². The predicted octanol–water partition coefficient (Wildman–Crippen LogP) is 4.89. The fraction of sp³-hybridized carbons (Fsp3) is 0.320. The molecule has 0 aliphatic rings. The Morgan fingerprint density at radius 3 is 2.37 bits per heavy atom. The largest absolute Gasteiger partial charge is 0.423 e. The molecule has 1 heterocycles. The standard InChI is InChI=1S/C25H26BrF3N4O2/c1-3-21(32(14-13-30-2)23(34)18-9-11-19(26)12-10-18)22-31-15-20(25(27,28)29)24(35)33(22)16-17-7-5-4-6-8-17/h4-12,15,21,30H,3,13-14,16H2,1-2H3. The monoisotopic (exact) mass is 550 g/mol. The van der Waals surface area contributed by atoms with Gasteiger partial charge in [-0.25, -0.2) is 4.98 Å². The molecule has 0 aliphatic carbocycles. The molecule has 6 nitrogen and oxygen atoms in total. The molecule has 0 spiro atoms. The number of hydrogen-bond donors (Lipinski definition) is 1. The van der Waals surface area contributed by atoms with Gasteiger partial charge in [0.2, 0.25) is 0 Å². The third-order valence-electron chi connectivity index (χ3n) is 5.58. The summed E-state index contributed by atoms with van der Waals surface area (Å²) in [4.78, 5) is 32.2. The summed E-state index contributed by atoms with van der Waals surface area (Å²) in [6.07, 6.45) is -3.93. The number of halogens is 4. The normalized spacial score (nSPS) is 12.4. The van der Waals surface area contributed by atoms with Gasteiger partial charge in [-0.3, -0.25) is 14.2 Å². The molecule has 1 aromatic heterocycles. The number of hydrogen-bond acceptors (Lipinski definition) is 4. The quantitative estimate of drug-likeness (QED) is 0.412. The molecule has 1 N–H and O–H groups in total. The summed E-state index contributed by atoms with van der Waals surface area (Å²) in [6.45, 7) is 2.42. The average Bonchev–Trinajstić information content (AvgIpc) is 2.83. The van der Waals surface area contributed by atoms with E-state index in [4.69, 9.17) is 0 Å². The van der Waals surface area contributed by atoms with E-state index in [1.54, 1.807) is 66.5 Å². The summed E-state index contributed by atoms with van der Waals surface area (Å²) >= 11 is 3.35. The van der Waals surface area contributed by atoms with Gasteiger partial charge in [-0.2, -0.15) is 13.2 Å². The minimum absolute atomic E-state index is 0.102. The second-order valence-corrected chi connectivity index (χ2v) is 8.85. The summed E-state index contributed by atoms with van der Waals surface area (Å²) in [5.41, 5.74) is -1.46. The van der Waals surface area contributed by atoms with Crippen LogP contribution in [0.4, 0.5) is 13.2 Å². The van der Waals surface area contributed by atoms with Crippen LogP contribution in [0.1, 0.15) is 46.7 Å². The van der Waals surface area contributed by atoms with E-state index in [1.165, 1.54) is 0 Å².